The molecule has 0 heterocycles. The zero-order valence-electron chi connectivity index (χ0n) is 11.7. The van der Waals surface area contributed by atoms with Crippen molar-refractivity contribution >= 4 is 28.2 Å². The van der Waals surface area contributed by atoms with Crippen LogP contribution in [0.1, 0.15) is 5.56 Å². The fourth-order valence-electron chi connectivity index (χ4n) is 2.21. The SMILES string of the molecule is N#Cc1ccc2cc(NC(=O)Nc3ccccc3)ccc2c1. The van der Waals surface area contributed by atoms with Gasteiger partial charge in [0.15, 0.2) is 0 Å². The largest absolute Gasteiger partial charge is 0.323 e. The topological polar surface area (TPSA) is 64.9 Å². The third-order valence-corrected chi connectivity index (χ3v) is 3.26. The maximum atomic E-state index is 12.0. The third kappa shape index (κ3) is 3.05. The molecule has 0 saturated carbocycles. The molecule has 0 bridgehead atoms. The Morgan fingerprint density at radius 1 is 0.818 bits per heavy atom. The van der Waals surface area contributed by atoms with Crippen LogP contribution in [0.2, 0.25) is 0 Å². The molecular weight excluding hydrogens is 274 g/mol. The van der Waals surface area contributed by atoms with Crippen molar-refractivity contribution in [3.8, 4) is 6.07 Å². The zero-order chi connectivity index (χ0) is 15.4. The lowest BCUT2D eigenvalue weighted by Gasteiger charge is -2.08. The Hall–Kier alpha value is -3.32. The Kier molecular flexibility index (Phi) is 3.71. The summed E-state index contributed by atoms with van der Waals surface area (Å²) in [5, 5.41) is 16.4. The smallest absolute Gasteiger partial charge is 0.308 e. The number of para-hydroxylation sites is 1. The minimum absolute atomic E-state index is 0.292. The van der Waals surface area contributed by atoms with Crippen LogP contribution in [0.5, 0.6) is 0 Å². The summed E-state index contributed by atoms with van der Waals surface area (Å²) in [4.78, 5) is 12.0. The van der Waals surface area contributed by atoms with Gasteiger partial charge in [-0.2, -0.15) is 5.26 Å². The van der Waals surface area contributed by atoms with Crippen molar-refractivity contribution in [2.75, 3.05) is 10.6 Å². The maximum Gasteiger partial charge on any atom is 0.323 e. The third-order valence-electron chi connectivity index (χ3n) is 3.26. The van der Waals surface area contributed by atoms with Gasteiger partial charge in [0, 0.05) is 11.4 Å². The van der Waals surface area contributed by atoms with E-state index in [0.29, 0.717) is 11.3 Å². The summed E-state index contributed by atoms with van der Waals surface area (Å²) < 4.78 is 0. The minimum Gasteiger partial charge on any atom is -0.308 e. The molecule has 0 aromatic heterocycles. The number of nitrogens with zero attached hydrogens (tertiary/aromatic N) is 1. The quantitative estimate of drug-likeness (QED) is 0.735. The molecule has 4 heteroatoms. The first-order valence-corrected chi connectivity index (χ1v) is 6.81. The molecule has 0 fully saturated rings. The van der Waals surface area contributed by atoms with Gasteiger partial charge in [-0.3, -0.25) is 0 Å². The summed E-state index contributed by atoms with van der Waals surface area (Å²) in [5.74, 6) is 0. The van der Waals surface area contributed by atoms with Gasteiger partial charge in [0.05, 0.1) is 11.6 Å². The number of nitrogens with one attached hydrogen (secondary N) is 2. The molecule has 0 radical (unpaired) electrons. The fraction of sp³-hybridized carbons (Fsp3) is 0. The van der Waals surface area contributed by atoms with E-state index in [9.17, 15) is 4.79 Å². The number of carbonyl (C=O) groups is 1. The molecule has 2 amide bonds. The van der Waals surface area contributed by atoms with E-state index in [0.717, 1.165) is 16.5 Å². The summed E-state index contributed by atoms with van der Waals surface area (Å²) in [7, 11) is 0. The van der Waals surface area contributed by atoms with Crippen molar-refractivity contribution in [3.05, 3.63) is 72.3 Å². The number of fused-ring (bicyclic) bond motifs is 1. The molecule has 3 rings (SSSR count). The highest BCUT2D eigenvalue weighted by Crippen LogP contribution is 2.20. The Morgan fingerprint density at radius 3 is 2.27 bits per heavy atom. The summed E-state index contributed by atoms with van der Waals surface area (Å²) in [6, 6.07) is 22.1. The van der Waals surface area contributed by atoms with Crippen LogP contribution >= 0.6 is 0 Å². The first-order valence-electron chi connectivity index (χ1n) is 6.81. The number of hydrogen-bond acceptors (Lipinski definition) is 2. The number of amides is 2. The van der Waals surface area contributed by atoms with Gasteiger partial charge < -0.3 is 10.6 Å². The van der Waals surface area contributed by atoms with Gasteiger partial charge in [0.25, 0.3) is 0 Å². The molecule has 2 N–H and O–H groups in total. The summed E-state index contributed by atoms with van der Waals surface area (Å²) in [6.45, 7) is 0. The lowest BCUT2D eigenvalue weighted by molar-refractivity contribution is 0.262. The molecule has 22 heavy (non-hydrogen) atoms. The number of carbonyl (C=O) groups excluding carboxylic acids is 1. The van der Waals surface area contributed by atoms with Crippen LogP contribution in [-0.2, 0) is 0 Å². The maximum absolute atomic E-state index is 12.0. The molecule has 0 aliphatic carbocycles. The summed E-state index contributed by atoms with van der Waals surface area (Å²) in [6.07, 6.45) is 0. The molecule has 0 saturated heterocycles. The number of nitriles is 1. The molecule has 4 nitrogen and oxygen atoms in total. The monoisotopic (exact) mass is 287 g/mol. The highest BCUT2D eigenvalue weighted by molar-refractivity contribution is 6.01. The van der Waals surface area contributed by atoms with E-state index in [1.54, 1.807) is 6.07 Å². The molecule has 0 unspecified atom stereocenters. The molecule has 106 valence electrons. The summed E-state index contributed by atoms with van der Waals surface area (Å²) >= 11 is 0. The molecule has 0 aliphatic rings. The van der Waals surface area contributed by atoms with Crippen LogP contribution in [0, 0.1) is 11.3 Å². The molecular formula is C18H13N3O. The zero-order valence-corrected chi connectivity index (χ0v) is 11.7. The van der Waals surface area contributed by atoms with Crippen molar-refractivity contribution in [2.24, 2.45) is 0 Å². The second-order valence-electron chi connectivity index (χ2n) is 4.83. The molecule has 0 spiro atoms. The van der Waals surface area contributed by atoms with E-state index >= 15 is 0 Å². The van der Waals surface area contributed by atoms with Crippen molar-refractivity contribution < 1.29 is 4.79 Å². The lowest BCUT2D eigenvalue weighted by atomic mass is 10.1. The predicted octanol–water partition coefficient (Wildman–Crippen LogP) is 4.36. The standard InChI is InChI=1S/C18H13N3O/c19-12-13-6-7-15-11-17(9-8-14(15)10-13)21-18(22)20-16-4-2-1-3-5-16/h1-11H,(H2,20,21,22). The highest BCUT2D eigenvalue weighted by Gasteiger charge is 2.03. The Labute approximate surface area is 128 Å². The first-order chi connectivity index (χ1) is 10.7. The van der Waals surface area contributed by atoms with Crippen LogP contribution < -0.4 is 10.6 Å². The average molecular weight is 287 g/mol. The van der Waals surface area contributed by atoms with Gasteiger partial charge in [0.1, 0.15) is 0 Å². The second-order valence-corrected chi connectivity index (χ2v) is 4.83. The van der Waals surface area contributed by atoms with Gasteiger partial charge in [0.2, 0.25) is 0 Å². The fourth-order valence-corrected chi connectivity index (χ4v) is 2.21. The van der Waals surface area contributed by atoms with Gasteiger partial charge in [-0.1, -0.05) is 30.3 Å². The van der Waals surface area contributed by atoms with Crippen molar-refractivity contribution in [1.29, 1.82) is 5.26 Å². The lowest BCUT2D eigenvalue weighted by Crippen LogP contribution is -2.19. The normalized spacial score (nSPS) is 9.95. The second kappa shape index (κ2) is 5.98. The molecule has 0 atom stereocenters. The van der Waals surface area contributed by atoms with Crippen LogP contribution in [0.4, 0.5) is 16.2 Å². The predicted molar refractivity (Wildman–Crippen MR) is 87.7 cm³/mol. The number of anilines is 2. The Morgan fingerprint density at radius 2 is 1.50 bits per heavy atom. The van der Waals surface area contributed by atoms with E-state index in [1.165, 1.54) is 0 Å². The summed E-state index contributed by atoms with van der Waals surface area (Å²) in [5.41, 5.74) is 2.06. The van der Waals surface area contributed by atoms with E-state index in [4.69, 9.17) is 5.26 Å². The van der Waals surface area contributed by atoms with E-state index in [1.807, 2.05) is 60.7 Å². The number of rotatable bonds is 2. The van der Waals surface area contributed by atoms with Crippen LogP contribution in [0.25, 0.3) is 10.8 Å². The van der Waals surface area contributed by atoms with Crippen LogP contribution in [-0.4, -0.2) is 6.03 Å². The van der Waals surface area contributed by atoms with Crippen molar-refractivity contribution in [2.45, 2.75) is 0 Å². The van der Waals surface area contributed by atoms with Gasteiger partial charge >= 0.3 is 6.03 Å². The molecule has 0 aliphatic heterocycles. The van der Waals surface area contributed by atoms with Gasteiger partial charge in [-0.05, 0) is 47.2 Å². The Bertz CT molecular complexity index is 866. The van der Waals surface area contributed by atoms with E-state index in [2.05, 4.69) is 16.7 Å². The van der Waals surface area contributed by atoms with Gasteiger partial charge in [-0.15, -0.1) is 0 Å². The first kappa shape index (κ1) is 13.7. The molecule has 3 aromatic rings. The highest BCUT2D eigenvalue weighted by atomic mass is 16.2. The number of hydrogen-bond donors (Lipinski definition) is 2. The van der Waals surface area contributed by atoms with Crippen LogP contribution in [0.15, 0.2) is 66.7 Å². The van der Waals surface area contributed by atoms with Crippen molar-refractivity contribution in [3.63, 3.8) is 0 Å². The molecule has 3 aromatic carbocycles. The average Bonchev–Trinajstić information content (AvgIpc) is 2.55. The van der Waals surface area contributed by atoms with E-state index in [-0.39, 0.29) is 6.03 Å². The van der Waals surface area contributed by atoms with E-state index < -0.39 is 0 Å². The van der Waals surface area contributed by atoms with Crippen molar-refractivity contribution in [1.82, 2.24) is 0 Å². The number of benzene rings is 3. The minimum atomic E-state index is -0.292. The van der Waals surface area contributed by atoms with Gasteiger partial charge in [-0.25, -0.2) is 4.79 Å². The van der Waals surface area contributed by atoms with Crippen LogP contribution in [0.3, 0.4) is 0 Å². The Balaban J connectivity index is 1.76. The number of urea groups is 1.